The van der Waals surface area contributed by atoms with Crippen molar-refractivity contribution >= 4 is 12.0 Å². The molecule has 0 spiro atoms. The molecule has 1 fully saturated rings. The second-order valence-corrected chi connectivity index (χ2v) is 4.61. The van der Waals surface area contributed by atoms with E-state index in [2.05, 4.69) is 0 Å². The van der Waals surface area contributed by atoms with Gasteiger partial charge in [0.05, 0.1) is 5.69 Å². The second-order valence-electron chi connectivity index (χ2n) is 4.61. The van der Waals surface area contributed by atoms with E-state index in [1.165, 1.54) is 5.06 Å². The Balaban J connectivity index is 2.26. The molecule has 0 bridgehead atoms. The number of nitrogens with zero attached hydrogens (tertiary/aromatic N) is 2. The normalized spacial score (nSPS) is 24.8. The first-order chi connectivity index (χ1) is 9.13. The first-order valence-corrected chi connectivity index (χ1v) is 6.23. The van der Waals surface area contributed by atoms with E-state index in [9.17, 15) is 14.9 Å². The quantitative estimate of drug-likeness (QED) is 0.471. The SMILES string of the molecule is CC([C@H]1CC[C@H](C=O)ON1c1ccccc1)[N+](=O)[O-]. The summed E-state index contributed by atoms with van der Waals surface area (Å²) in [4.78, 5) is 27.1. The summed E-state index contributed by atoms with van der Waals surface area (Å²) in [5.41, 5.74) is 0.729. The summed E-state index contributed by atoms with van der Waals surface area (Å²) in [7, 11) is 0. The summed E-state index contributed by atoms with van der Waals surface area (Å²) in [6.45, 7) is 1.56. The molecule has 1 heterocycles. The number of hydroxylamine groups is 1. The third kappa shape index (κ3) is 2.90. The number of benzene rings is 1. The smallest absolute Gasteiger partial charge is 0.232 e. The number of nitro groups is 1. The third-order valence-electron chi connectivity index (χ3n) is 3.35. The maximum absolute atomic E-state index is 11.0. The lowest BCUT2D eigenvalue weighted by molar-refractivity contribution is -0.523. The molecule has 6 heteroatoms. The zero-order chi connectivity index (χ0) is 13.8. The van der Waals surface area contributed by atoms with Gasteiger partial charge in [-0.15, -0.1) is 0 Å². The summed E-state index contributed by atoms with van der Waals surface area (Å²) in [5, 5.41) is 12.5. The Morgan fingerprint density at radius 1 is 1.42 bits per heavy atom. The molecule has 0 N–H and O–H groups in total. The van der Waals surface area contributed by atoms with Gasteiger partial charge in [-0.25, -0.2) is 5.06 Å². The van der Waals surface area contributed by atoms with Crippen molar-refractivity contribution in [2.45, 2.75) is 38.0 Å². The topological polar surface area (TPSA) is 72.7 Å². The van der Waals surface area contributed by atoms with Gasteiger partial charge in [-0.1, -0.05) is 18.2 Å². The molecular formula is C13H16N2O4. The molecule has 0 radical (unpaired) electrons. The van der Waals surface area contributed by atoms with Crippen molar-refractivity contribution in [2.24, 2.45) is 0 Å². The molecule has 19 heavy (non-hydrogen) atoms. The minimum Gasteiger partial charge on any atom is -0.300 e. The zero-order valence-corrected chi connectivity index (χ0v) is 10.6. The van der Waals surface area contributed by atoms with E-state index in [1.807, 2.05) is 30.3 Å². The fourth-order valence-electron chi connectivity index (χ4n) is 2.23. The molecule has 1 aliphatic heterocycles. The Hall–Kier alpha value is -1.95. The van der Waals surface area contributed by atoms with Crippen LogP contribution in [0.1, 0.15) is 19.8 Å². The van der Waals surface area contributed by atoms with Crippen LogP contribution in [0.2, 0.25) is 0 Å². The van der Waals surface area contributed by atoms with Crippen LogP contribution in [0.3, 0.4) is 0 Å². The summed E-state index contributed by atoms with van der Waals surface area (Å²) in [6.07, 6.45) is 1.27. The molecule has 3 atom stereocenters. The molecular weight excluding hydrogens is 248 g/mol. The van der Waals surface area contributed by atoms with Gasteiger partial charge in [-0.3, -0.25) is 15.0 Å². The summed E-state index contributed by atoms with van der Waals surface area (Å²) in [6, 6.07) is 8.02. The van der Waals surface area contributed by atoms with Crippen LogP contribution in [0.15, 0.2) is 30.3 Å². The highest BCUT2D eigenvalue weighted by atomic mass is 16.7. The molecule has 1 aliphatic rings. The molecule has 1 unspecified atom stereocenters. The lowest BCUT2D eigenvalue weighted by atomic mass is 10.00. The molecule has 0 aromatic heterocycles. The van der Waals surface area contributed by atoms with Crippen LogP contribution in [0, 0.1) is 10.1 Å². The van der Waals surface area contributed by atoms with Gasteiger partial charge in [-0.2, -0.15) is 0 Å². The lowest BCUT2D eigenvalue weighted by Gasteiger charge is -2.38. The Morgan fingerprint density at radius 2 is 2.11 bits per heavy atom. The Morgan fingerprint density at radius 3 is 2.68 bits per heavy atom. The number of aldehydes is 1. The Bertz CT molecular complexity index is 451. The molecule has 1 aromatic rings. The number of para-hydroxylation sites is 1. The highest BCUT2D eigenvalue weighted by molar-refractivity contribution is 5.57. The average molecular weight is 264 g/mol. The number of anilines is 1. The molecule has 6 nitrogen and oxygen atoms in total. The molecule has 1 aromatic carbocycles. The van der Waals surface area contributed by atoms with Crippen molar-refractivity contribution in [3.8, 4) is 0 Å². The number of carbonyl (C=O) groups is 1. The minimum atomic E-state index is -0.757. The van der Waals surface area contributed by atoms with E-state index < -0.39 is 12.1 Å². The van der Waals surface area contributed by atoms with Crippen LogP contribution < -0.4 is 5.06 Å². The van der Waals surface area contributed by atoms with E-state index in [1.54, 1.807) is 6.92 Å². The fourth-order valence-corrected chi connectivity index (χ4v) is 2.23. The van der Waals surface area contributed by atoms with Crippen molar-refractivity contribution in [1.82, 2.24) is 0 Å². The van der Waals surface area contributed by atoms with Crippen molar-refractivity contribution < 1.29 is 14.6 Å². The number of rotatable bonds is 4. The van der Waals surface area contributed by atoms with Crippen LogP contribution in [0.25, 0.3) is 0 Å². The second kappa shape index (κ2) is 5.79. The monoisotopic (exact) mass is 264 g/mol. The van der Waals surface area contributed by atoms with Gasteiger partial charge < -0.3 is 4.79 Å². The molecule has 2 rings (SSSR count). The van der Waals surface area contributed by atoms with Crippen molar-refractivity contribution in [3.05, 3.63) is 40.4 Å². The van der Waals surface area contributed by atoms with Crippen molar-refractivity contribution in [1.29, 1.82) is 0 Å². The van der Waals surface area contributed by atoms with Crippen LogP contribution in [0.5, 0.6) is 0 Å². The first kappa shape index (κ1) is 13.5. The van der Waals surface area contributed by atoms with E-state index in [0.717, 1.165) is 12.0 Å². The van der Waals surface area contributed by atoms with Gasteiger partial charge >= 0.3 is 0 Å². The highest BCUT2D eigenvalue weighted by Crippen LogP contribution is 2.28. The van der Waals surface area contributed by atoms with E-state index in [4.69, 9.17) is 4.84 Å². The summed E-state index contributed by atoms with van der Waals surface area (Å²) >= 11 is 0. The first-order valence-electron chi connectivity index (χ1n) is 6.23. The van der Waals surface area contributed by atoms with Crippen molar-refractivity contribution in [3.63, 3.8) is 0 Å². The number of hydrogen-bond acceptors (Lipinski definition) is 5. The third-order valence-corrected chi connectivity index (χ3v) is 3.35. The molecule has 0 aliphatic carbocycles. The van der Waals surface area contributed by atoms with E-state index in [-0.39, 0.29) is 11.0 Å². The van der Waals surface area contributed by atoms with E-state index >= 15 is 0 Å². The Kier molecular flexibility index (Phi) is 4.11. The van der Waals surface area contributed by atoms with E-state index in [0.29, 0.717) is 12.8 Å². The average Bonchev–Trinajstić information content (AvgIpc) is 2.46. The van der Waals surface area contributed by atoms with Crippen LogP contribution >= 0.6 is 0 Å². The predicted octanol–water partition coefficient (Wildman–Crippen LogP) is 1.82. The number of carbonyl (C=O) groups excluding carboxylic acids is 1. The standard InChI is InChI=1S/C13H16N2O4/c1-10(15(17)18)13-8-7-12(9-16)19-14(13)11-5-3-2-4-6-11/h2-6,9-10,12-13H,7-8H2,1H3/t10?,12-,13-/m1/s1. The van der Waals surface area contributed by atoms with Gasteiger partial charge in [0.2, 0.25) is 6.04 Å². The fraction of sp³-hybridized carbons (Fsp3) is 0.462. The highest BCUT2D eigenvalue weighted by Gasteiger charge is 2.38. The van der Waals surface area contributed by atoms with Crippen LogP contribution in [-0.2, 0) is 9.63 Å². The van der Waals surface area contributed by atoms with Crippen molar-refractivity contribution in [2.75, 3.05) is 5.06 Å². The van der Waals surface area contributed by atoms with Gasteiger partial charge in [0.15, 0.2) is 6.29 Å². The van der Waals surface area contributed by atoms with Crippen LogP contribution in [-0.4, -0.2) is 29.4 Å². The predicted molar refractivity (Wildman–Crippen MR) is 69.3 cm³/mol. The Labute approximate surface area is 111 Å². The molecule has 0 amide bonds. The summed E-state index contributed by atoms with van der Waals surface area (Å²) < 4.78 is 0. The van der Waals surface area contributed by atoms with Gasteiger partial charge in [0, 0.05) is 11.8 Å². The zero-order valence-electron chi connectivity index (χ0n) is 10.6. The largest absolute Gasteiger partial charge is 0.300 e. The minimum absolute atomic E-state index is 0.314. The lowest BCUT2D eigenvalue weighted by Crippen LogP contribution is -2.51. The van der Waals surface area contributed by atoms with Gasteiger partial charge in [-0.05, 0) is 25.0 Å². The van der Waals surface area contributed by atoms with Crippen LogP contribution in [0.4, 0.5) is 5.69 Å². The number of hydrogen-bond donors (Lipinski definition) is 0. The maximum Gasteiger partial charge on any atom is 0.232 e. The maximum atomic E-state index is 11.0. The summed E-state index contributed by atoms with van der Waals surface area (Å²) in [5.74, 6) is 0. The molecule has 1 saturated heterocycles. The van der Waals surface area contributed by atoms with Gasteiger partial charge in [0.1, 0.15) is 12.1 Å². The van der Waals surface area contributed by atoms with Gasteiger partial charge in [0.25, 0.3) is 0 Å². The molecule has 0 saturated carbocycles. The molecule has 102 valence electrons.